The van der Waals surface area contributed by atoms with Crippen molar-refractivity contribution in [2.75, 3.05) is 18.1 Å². The normalized spacial score (nSPS) is 19.5. The van der Waals surface area contributed by atoms with E-state index in [1.165, 1.54) is 0 Å². The first-order valence-corrected chi connectivity index (χ1v) is 5.77. The molecular formula is C13H15NO3. The predicted octanol–water partition coefficient (Wildman–Crippen LogP) is 1.60. The molecule has 1 aliphatic heterocycles. The lowest BCUT2D eigenvalue weighted by molar-refractivity contribution is -0.150. The number of hydrogen-bond acceptors (Lipinski definition) is 3. The topological polar surface area (TPSA) is 46.6 Å². The van der Waals surface area contributed by atoms with Crippen molar-refractivity contribution in [1.29, 1.82) is 0 Å². The van der Waals surface area contributed by atoms with E-state index in [1.807, 2.05) is 30.3 Å². The van der Waals surface area contributed by atoms with Gasteiger partial charge in [-0.2, -0.15) is 0 Å². The Morgan fingerprint density at radius 2 is 2.12 bits per heavy atom. The number of carbonyl (C=O) groups excluding carboxylic acids is 2. The van der Waals surface area contributed by atoms with Crippen LogP contribution in [0.3, 0.4) is 0 Å². The van der Waals surface area contributed by atoms with Crippen molar-refractivity contribution in [2.24, 2.45) is 5.92 Å². The van der Waals surface area contributed by atoms with Crippen LogP contribution in [0.2, 0.25) is 0 Å². The SMILES string of the molecule is CCOC(=O)C1CCN(c2ccccc2)C1=O. The zero-order valence-corrected chi connectivity index (χ0v) is 9.76. The summed E-state index contributed by atoms with van der Waals surface area (Å²) in [5, 5.41) is 0. The number of carbonyl (C=O) groups is 2. The first-order chi connectivity index (χ1) is 8.24. The first kappa shape index (κ1) is 11.6. The highest BCUT2D eigenvalue weighted by Gasteiger charge is 2.38. The van der Waals surface area contributed by atoms with E-state index in [9.17, 15) is 9.59 Å². The maximum atomic E-state index is 12.0. The molecule has 0 aromatic heterocycles. The lowest BCUT2D eigenvalue weighted by atomic mass is 10.1. The van der Waals surface area contributed by atoms with Gasteiger partial charge in [0.2, 0.25) is 5.91 Å². The van der Waals surface area contributed by atoms with Crippen molar-refractivity contribution in [2.45, 2.75) is 13.3 Å². The molecule has 90 valence electrons. The Hall–Kier alpha value is -1.84. The molecule has 1 atom stereocenters. The summed E-state index contributed by atoms with van der Waals surface area (Å²) in [4.78, 5) is 25.3. The largest absolute Gasteiger partial charge is 0.465 e. The highest BCUT2D eigenvalue weighted by atomic mass is 16.5. The summed E-state index contributed by atoms with van der Waals surface area (Å²) in [6.07, 6.45) is 0.534. The van der Waals surface area contributed by atoms with E-state index in [4.69, 9.17) is 4.74 Å². The third-order valence-corrected chi connectivity index (χ3v) is 2.84. The fraction of sp³-hybridized carbons (Fsp3) is 0.385. The van der Waals surface area contributed by atoms with Gasteiger partial charge in [0, 0.05) is 12.2 Å². The van der Waals surface area contributed by atoms with E-state index in [-0.39, 0.29) is 5.91 Å². The van der Waals surface area contributed by atoms with Crippen LogP contribution in [-0.2, 0) is 14.3 Å². The summed E-state index contributed by atoms with van der Waals surface area (Å²) in [6, 6.07) is 9.38. The van der Waals surface area contributed by atoms with E-state index in [0.29, 0.717) is 19.6 Å². The molecule has 0 saturated carbocycles. The Balaban J connectivity index is 2.10. The Bertz CT molecular complexity index is 416. The number of benzene rings is 1. The Morgan fingerprint density at radius 1 is 1.41 bits per heavy atom. The van der Waals surface area contributed by atoms with E-state index < -0.39 is 11.9 Å². The summed E-state index contributed by atoms with van der Waals surface area (Å²) in [6.45, 7) is 2.63. The summed E-state index contributed by atoms with van der Waals surface area (Å²) >= 11 is 0. The average Bonchev–Trinajstić information content (AvgIpc) is 2.72. The van der Waals surface area contributed by atoms with Crippen molar-refractivity contribution in [3.05, 3.63) is 30.3 Å². The highest BCUT2D eigenvalue weighted by Crippen LogP contribution is 2.25. The molecule has 1 unspecified atom stereocenters. The molecule has 1 heterocycles. The van der Waals surface area contributed by atoms with Crippen molar-refractivity contribution in [3.63, 3.8) is 0 Å². The second-order valence-corrected chi connectivity index (χ2v) is 3.92. The number of rotatable bonds is 3. The number of esters is 1. The maximum absolute atomic E-state index is 12.0. The van der Waals surface area contributed by atoms with Crippen LogP contribution in [0, 0.1) is 5.92 Å². The Morgan fingerprint density at radius 3 is 2.76 bits per heavy atom. The number of nitrogens with zero attached hydrogens (tertiary/aromatic N) is 1. The minimum absolute atomic E-state index is 0.158. The molecule has 0 aliphatic carbocycles. The van der Waals surface area contributed by atoms with Gasteiger partial charge in [-0.25, -0.2) is 0 Å². The van der Waals surface area contributed by atoms with Gasteiger partial charge in [-0.1, -0.05) is 18.2 Å². The van der Waals surface area contributed by atoms with Gasteiger partial charge in [0.1, 0.15) is 5.92 Å². The fourth-order valence-corrected chi connectivity index (χ4v) is 2.01. The third-order valence-electron chi connectivity index (χ3n) is 2.84. The van der Waals surface area contributed by atoms with Crippen LogP contribution in [0.1, 0.15) is 13.3 Å². The molecule has 4 nitrogen and oxygen atoms in total. The number of ether oxygens (including phenoxy) is 1. The molecule has 0 spiro atoms. The van der Waals surface area contributed by atoms with Crippen LogP contribution < -0.4 is 4.90 Å². The summed E-state index contributed by atoms with van der Waals surface area (Å²) < 4.78 is 4.89. The minimum atomic E-state index is -0.629. The lowest BCUT2D eigenvalue weighted by Gasteiger charge is -2.16. The van der Waals surface area contributed by atoms with Gasteiger partial charge in [0.25, 0.3) is 0 Å². The molecule has 1 aromatic carbocycles. The van der Waals surface area contributed by atoms with Crippen LogP contribution in [0.5, 0.6) is 0 Å². The quantitative estimate of drug-likeness (QED) is 0.588. The second kappa shape index (κ2) is 4.99. The van der Waals surface area contributed by atoms with Gasteiger partial charge in [0.15, 0.2) is 0 Å². The summed E-state index contributed by atoms with van der Waals surface area (Å²) in [5.41, 5.74) is 0.837. The number of hydrogen-bond donors (Lipinski definition) is 0. The lowest BCUT2D eigenvalue weighted by Crippen LogP contribution is -2.31. The molecule has 17 heavy (non-hydrogen) atoms. The van der Waals surface area contributed by atoms with Crippen molar-refractivity contribution < 1.29 is 14.3 Å². The molecule has 0 N–H and O–H groups in total. The van der Waals surface area contributed by atoms with Crippen LogP contribution in [-0.4, -0.2) is 25.0 Å². The monoisotopic (exact) mass is 233 g/mol. The van der Waals surface area contributed by atoms with Crippen molar-refractivity contribution in [1.82, 2.24) is 0 Å². The second-order valence-electron chi connectivity index (χ2n) is 3.92. The van der Waals surface area contributed by atoms with Crippen molar-refractivity contribution in [3.8, 4) is 0 Å². The number of anilines is 1. The number of amides is 1. The molecule has 1 saturated heterocycles. The summed E-state index contributed by atoms with van der Waals surface area (Å²) in [5.74, 6) is -1.19. The van der Waals surface area contributed by atoms with Crippen molar-refractivity contribution >= 4 is 17.6 Å². The predicted molar refractivity (Wildman–Crippen MR) is 63.5 cm³/mol. The van der Waals surface area contributed by atoms with E-state index in [2.05, 4.69) is 0 Å². The molecule has 1 aliphatic rings. The minimum Gasteiger partial charge on any atom is -0.465 e. The van der Waals surface area contributed by atoms with Gasteiger partial charge in [0.05, 0.1) is 6.61 Å². The zero-order chi connectivity index (χ0) is 12.3. The van der Waals surface area contributed by atoms with Gasteiger partial charge >= 0.3 is 5.97 Å². The van der Waals surface area contributed by atoms with E-state index >= 15 is 0 Å². The van der Waals surface area contributed by atoms with Crippen LogP contribution in [0.15, 0.2) is 30.3 Å². The highest BCUT2D eigenvalue weighted by molar-refractivity contribution is 6.08. The van der Waals surface area contributed by atoms with Gasteiger partial charge in [-0.05, 0) is 25.5 Å². The molecule has 1 fully saturated rings. The standard InChI is InChI=1S/C13H15NO3/c1-2-17-13(16)11-8-9-14(12(11)15)10-6-4-3-5-7-10/h3-7,11H,2,8-9H2,1H3. The molecule has 4 heteroatoms. The first-order valence-electron chi connectivity index (χ1n) is 5.77. The van der Waals surface area contributed by atoms with Crippen LogP contribution >= 0.6 is 0 Å². The van der Waals surface area contributed by atoms with E-state index in [0.717, 1.165) is 5.69 Å². The summed E-state index contributed by atoms with van der Waals surface area (Å²) in [7, 11) is 0. The molecular weight excluding hydrogens is 218 g/mol. The fourth-order valence-electron chi connectivity index (χ4n) is 2.01. The molecule has 1 amide bonds. The van der Waals surface area contributed by atoms with E-state index in [1.54, 1.807) is 11.8 Å². The van der Waals surface area contributed by atoms with Gasteiger partial charge in [-0.15, -0.1) is 0 Å². The van der Waals surface area contributed by atoms with Crippen LogP contribution in [0.25, 0.3) is 0 Å². The average molecular weight is 233 g/mol. The zero-order valence-electron chi connectivity index (χ0n) is 9.76. The smallest absolute Gasteiger partial charge is 0.318 e. The molecule has 2 rings (SSSR count). The third kappa shape index (κ3) is 2.30. The Labute approximate surface area is 100 Å². The Kier molecular flexibility index (Phi) is 3.42. The number of para-hydroxylation sites is 1. The molecule has 0 radical (unpaired) electrons. The van der Waals surface area contributed by atoms with Crippen LogP contribution in [0.4, 0.5) is 5.69 Å². The van der Waals surface area contributed by atoms with Gasteiger partial charge in [-0.3, -0.25) is 9.59 Å². The van der Waals surface area contributed by atoms with Gasteiger partial charge < -0.3 is 9.64 Å². The molecule has 1 aromatic rings. The maximum Gasteiger partial charge on any atom is 0.318 e. The molecule has 0 bridgehead atoms.